The average molecular weight is 275 g/mol. The van der Waals surface area contributed by atoms with Gasteiger partial charge >= 0.3 is 6.03 Å². The van der Waals surface area contributed by atoms with Crippen molar-refractivity contribution >= 4 is 11.7 Å². The number of urea groups is 1. The highest BCUT2D eigenvalue weighted by Gasteiger charge is 2.09. The first kappa shape index (κ1) is 14.0. The van der Waals surface area contributed by atoms with Crippen LogP contribution in [0.5, 0.6) is 0 Å². The summed E-state index contributed by atoms with van der Waals surface area (Å²) in [7, 11) is 0. The maximum Gasteiger partial charge on any atom is 0.319 e. The molecule has 0 radical (unpaired) electrons. The zero-order valence-electron chi connectivity index (χ0n) is 10.6. The Labute approximate surface area is 115 Å². The number of aromatic nitrogens is 1. The van der Waals surface area contributed by atoms with Gasteiger partial charge in [-0.05, 0) is 17.7 Å². The summed E-state index contributed by atoms with van der Waals surface area (Å²) >= 11 is 0. The fraction of sp³-hybridized carbons (Fsp3) is 0.143. The van der Waals surface area contributed by atoms with Gasteiger partial charge in [-0.2, -0.15) is 4.39 Å². The average Bonchev–Trinajstić information content (AvgIpc) is 2.48. The molecule has 2 amide bonds. The Morgan fingerprint density at radius 2 is 2.00 bits per heavy atom. The summed E-state index contributed by atoms with van der Waals surface area (Å²) in [4.78, 5) is 15.0. The van der Waals surface area contributed by atoms with E-state index in [0.29, 0.717) is 5.69 Å². The van der Waals surface area contributed by atoms with Crippen LogP contribution < -0.4 is 10.6 Å². The monoisotopic (exact) mass is 275 g/mol. The molecule has 0 aliphatic rings. The van der Waals surface area contributed by atoms with Crippen LogP contribution in [0, 0.1) is 5.95 Å². The summed E-state index contributed by atoms with van der Waals surface area (Å²) < 4.78 is 12.6. The van der Waals surface area contributed by atoms with Crippen LogP contribution in [-0.4, -0.2) is 22.7 Å². The van der Waals surface area contributed by atoms with Gasteiger partial charge in [0, 0.05) is 6.54 Å². The number of halogens is 1. The number of anilines is 1. The number of aliphatic hydroxyl groups is 1. The van der Waals surface area contributed by atoms with Crippen molar-refractivity contribution in [2.24, 2.45) is 0 Å². The third-order valence-electron chi connectivity index (χ3n) is 2.63. The Bertz CT molecular complexity index is 560. The minimum absolute atomic E-state index is 0.0739. The van der Waals surface area contributed by atoms with E-state index < -0.39 is 18.1 Å². The predicted molar refractivity (Wildman–Crippen MR) is 72.6 cm³/mol. The molecule has 2 aromatic rings. The normalized spacial score (nSPS) is 11.7. The van der Waals surface area contributed by atoms with Crippen molar-refractivity contribution in [1.29, 1.82) is 0 Å². The van der Waals surface area contributed by atoms with Crippen LogP contribution in [-0.2, 0) is 0 Å². The maximum absolute atomic E-state index is 12.6. The number of carbonyl (C=O) groups is 1. The van der Waals surface area contributed by atoms with Gasteiger partial charge in [-0.15, -0.1) is 0 Å². The number of aliphatic hydroxyl groups excluding tert-OH is 1. The first-order chi connectivity index (χ1) is 9.65. The van der Waals surface area contributed by atoms with Gasteiger partial charge in [-0.1, -0.05) is 30.3 Å². The number of nitrogens with one attached hydrogen (secondary N) is 2. The topological polar surface area (TPSA) is 74.2 Å². The Balaban J connectivity index is 1.82. The van der Waals surface area contributed by atoms with E-state index in [9.17, 15) is 14.3 Å². The van der Waals surface area contributed by atoms with Crippen molar-refractivity contribution in [3.05, 3.63) is 60.2 Å². The standard InChI is InChI=1S/C14H14FN3O2/c15-13-7-6-11(8-16-13)18-14(20)17-9-12(19)10-4-2-1-3-5-10/h1-8,12,19H,9H2,(H2,17,18,20). The van der Waals surface area contributed by atoms with Crippen LogP contribution in [0.1, 0.15) is 11.7 Å². The van der Waals surface area contributed by atoms with Gasteiger partial charge in [-0.3, -0.25) is 0 Å². The summed E-state index contributed by atoms with van der Waals surface area (Å²) in [6.07, 6.45) is 0.427. The maximum atomic E-state index is 12.6. The van der Waals surface area contributed by atoms with Crippen molar-refractivity contribution < 1.29 is 14.3 Å². The van der Waals surface area contributed by atoms with Gasteiger partial charge in [0.25, 0.3) is 0 Å². The molecule has 2 rings (SSSR count). The van der Waals surface area contributed by atoms with Crippen LogP contribution >= 0.6 is 0 Å². The van der Waals surface area contributed by atoms with Crippen LogP contribution in [0.3, 0.4) is 0 Å². The van der Waals surface area contributed by atoms with Gasteiger partial charge in [0.15, 0.2) is 0 Å². The van der Waals surface area contributed by atoms with E-state index in [1.807, 2.05) is 18.2 Å². The SMILES string of the molecule is O=C(NCC(O)c1ccccc1)Nc1ccc(F)nc1. The molecule has 6 heteroatoms. The molecule has 0 aliphatic heterocycles. The summed E-state index contributed by atoms with van der Waals surface area (Å²) in [6.45, 7) is 0.0739. The van der Waals surface area contributed by atoms with Gasteiger partial charge in [0.2, 0.25) is 5.95 Å². The van der Waals surface area contributed by atoms with Crippen LogP contribution in [0.25, 0.3) is 0 Å². The minimum Gasteiger partial charge on any atom is -0.387 e. The van der Waals surface area contributed by atoms with Crippen molar-refractivity contribution in [3.8, 4) is 0 Å². The second kappa shape index (κ2) is 6.63. The minimum atomic E-state index is -0.784. The zero-order valence-corrected chi connectivity index (χ0v) is 10.6. The van der Waals surface area contributed by atoms with Gasteiger partial charge in [0.05, 0.1) is 18.0 Å². The number of amides is 2. The molecule has 1 atom stereocenters. The van der Waals surface area contributed by atoms with E-state index in [1.54, 1.807) is 12.1 Å². The Morgan fingerprint density at radius 1 is 1.25 bits per heavy atom. The fourth-order valence-electron chi connectivity index (χ4n) is 1.61. The smallest absolute Gasteiger partial charge is 0.319 e. The zero-order chi connectivity index (χ0) is 14.4. The molecule has 5 nitrogen and oxygen atoms in total. The molecule has 3 N–H and O–H groups in total. The Hall–Kier alpha value is -2.47. The lowest BCUT2D eigenvalue weighted by atomic mass is 10.1. The molecule has 1 unspecified atom stereocenters. The molecule has 0 bridgehead atoms. The molecule has 0 saturated carbocycles. The molecular formula is C14H14FN3O2. The summed E-state index contributed by atoms with van der Waals surface area (Å²) in [5, 5.41) is 14.9. The van der Waals surface area contributed by atoms with Gasteiger partial charge in [-0.25, -0.2) is 9.78 Å². The number of carbonyl (C=O) groups excluding carboxylic acids is 1. The second-order valence-corrected chi connectivity index (χ2v) is 4.13. The third kappa shape index (κ3) is 4.03. The molecule has 1 aromatic carbocycles. The second-order valence-electron chi connectivity index (χ2n) is 4.13. The number of benzene rings is 1. The van der Waals surface area contributed by atoms with Crippen molar-refractivity contribution in [1.82, 2.24) is 10.3 Å². The highest BCUT2D eigenvalue weighted by molar-refractivity contribution is 5.88. The highest BCUT2D eigenvalue weighted by atomic mass is 19.1. The van der Waals surface area contributed by atoms with Crippen LogP contribution in [0.4, 0.5) is 14.9 Å². The Morgan fingerprint density at radius 3 is 2.65 bits per heavy atom. The number of rotatable bonds is 4. The highest BCUT2D eigenvalue weighted by Crippen LogP contribution is 2.10. The summed E-state index contributed by atoms with van der Waals surface area (Å²) in [5.41, 5.74) is 1.09. The molecule has 0 fully saturated rings. The van der Waals surface area contributed by atoms with Gasteiger partial charge in [0.1, 0.15) is 0 Å². The number of hydrogen-bond acceptors (Lipinski definition) is 3. The van der Waals surface area contributed by atoms with Crippen LogP contribution in [0.2, 0.25) is 0 Å². The Kier molecular flexibility index (Phi) is 4.62. The van der Waals surface area contributed by atoms with Gasteiger partial charge < -0.3 is 15.7 Å². The van der Waals surface area contributed by atoms with Crippen LogP contribution in [0.15, 0.2) is 48.7 Å². The first-order valence-corrected chi connectivity index (χ1v) is 6.04. The van der Waals surface area contributed by atoms with E-state index >= 15 is 0 Å². The van der Waals surface area contributed by atoms with E-state index in [2.05, 4.69) is 15.6 Å². The molecule has 0 spiro atoms. The number of nitrogens with zero attached hydrogens (tertiary/aromatic N) is 1. The van der Waals surface area contributed by atoms with E-state index in [4.69, 9.17) is 0 Å². The molecule has 1 aromatic heterocycles. The summed E-state index contributed by atoms with van der Waals surface area (Å²) in [6, 6.07) is 11.1. The summed E-state index contributed by atoms with van der Waals surface area (Å²) in [5.74, 6) is -0.615. The third-order valence-corrected chi connectivity index (χ3v) is 2.63. The van der Waals surface area contributed by atoms with Crippen molar-refractivity contribution in [3.63, 3.8) is 0 Å². The lowest BCUT2D eigenvalue weighted by Gasteiger charge is -2.12. The first-order valence-electron chi connectivity index (χ1n) is 6.04. The lowest BCUT2D eigenvalue weighted by Crippen LogP contribution is -2.32. The molecule has 0 saturated heterocycles. The van der Waals surface area contributed by atoms with E-state index in [0.717, 1.165) is 11.6 Å². The molecular weight excluding hydrogens is 261 g/mol. The van der Waals surface area contributed by atoms with E-state index in [1.165, 1.54) is 12.3 Å². The number of hydrogen-bond donors (Lipinski definition) is 3. The lowest BCUT2D eigenvalue weighted by molar-refractivity contribution is 0.175. The number of pyridine rings is 1. The molecule has 1 heterocycles. The van der Waals surface area contributed by atoms with Crippen molar-refractivity contribution in [2.45, 2.75) is 6.10 Å². The van der Waals surface area contributed by atoms with E-state index in [-0.39, 0.29) is 6.54 Å². The van der Waals surface area contributed by atoms with Crippen molar-refractivity contribution in [2.75, 3.05) is 11.9 Å². The molecule has 104 valence electrons. The molecule has 20 heavy (non-hydrogen) atoms. The fourth-order valence-corrected chi connectivity index (χ4v) is 1.61. The predicted octanol–water partition coefficient (Wildman–Crippen LogP) is 2.08. The largest absolute Gasteiger partial charge is 0.387 e. The quantitative estimate of drug-likeness (QED) is 0.748. The molecule has 0 aliphatic carbocycles.